The van der Waals surface area contributed by atoms with Crippen molar-refractivity contribution in [2.24, 2.45) is 0 Å². The first-order chi connectivity index (χ1) is 25.5. The van der Waals surface area contributed by atoms with Crippen molar-refractivity contribution < 1.29 is 33.6 Å². The number of rotatable bonds is 11. The molecule has 1 fully saturated rings. The van der Waals surface area contributed by atoms with E-state index in [9.17, 15) is 9.90 Å². The molecule has 268 valence electrons. The lowest BCUT2D eigenvalue weighted by Crippen LogP contribution is -2.41. The number of amides is 2. The van der Waals surface area contributed by atoms with Crippen molar-refractivity contribution >= 4 is 17.4 Å². The van der Waals surface area contributed by atoms with Crippen molar-refractivity contribution in [1.82, 2.24) is 4.90 Å². The Labute approximate surface area is 303 Å². The van der Waals surface area contributed by atoms with Gasteiger partial charge in [-0.2, -0.15) is 0 Å². The molecule has 0 aromatic heterocycles. The minimum atomic E-state index is -0.662. The summed E-state index contributed by atoms with van der Waals surface area (Å²) in [6, 6.07) is 35.9. The van der Waals surface area contributed by atoms with Gasteiger partial charge in [0.1, 0.15) is 11.5 Å². The van der Waals surface area contributed by atoms with Gasteiger partial charge in [-0.05, 0) is 89.3 Å². The van der Waals surface area contributed by atoms with Gasteiger partial charge < -0.3 is 39.4 Å². The number of carbonyl (C=O) groups excluding carboxylic acids is 1. The Morgan fingerprint density at radius 3 is 2.21 bits per heavy atom. The zero-order chi connectivity index (χ0) is 35.9. The maximum absolute atomic E-state index is 13.0. The fourth-order valence-corrected chi connectivity index (χ4v) is 6.71. The van der Waals surface area contributed by atoms with E-state index in [-0.39, 0.29) is 24.8 Å². The fourth-order valence-electron chi connectivity index (χ4n) is 6.71. The molecule has 7 rings (SSSR count). The molecule has 10 nitrogen and oxygen atoms in total. The van der Waals surface area contributed by atoms with E-state index in [0.29, 0.717) is 30.1 Å². The van der Waals surface area contributed by atoms with Crippen LogP contribution in [0.25, 0.3) is 0 Å². The van der Waals surface area contributed by atoms with Gasteiger partial charge in [0.25, 0.3) is 0 Å². The van der Waals surface area contributed by atoms with E-state index in [4.69, 9.17) is 23.7 Å². The number of aliphatic hydroxyl groups excluding tert-OH is 1. The summed E-state index contributed by atoms with van der Waals surface area (Å²) < 4.78 is 30.2. The molecule has 2 aliphatic rings. The van der Waals surface area contributed by atoms with Crippen LogP contribution in [0.4, 0.5) is 16.2 Å². The molecule has 0 spiro atoms. The highest BCUT2D eigenvalue weighted by atomic mass is 16.7. The number of ether oxygens (including phenoxy) is 5. The summed E-state index contributed by atoms with van der Waals surface area (Å²) >= 11 is 0. The molecule has 0 aliphatic carbocycles. The molecule has 3 atom stereocenters. The summed E-state index contributed by atoms with van der Waals surface area (Å²) in [5, 5.41) is 15.4. The molecule has 2 heterocycles. The number of anilines is 2. The number of hydrogen-bond donors (Lipinski definition) is 3. The first kappa shape index (κ1) is 35.0. The topological polar surface area (TPSA) is 111 Å². The monoisotopic (exact) mass is 701 g/mol. The number of nitrogens with zero attached hydrogens (tertiary/aromatic N) is 1. The number of aliphatic hydroxyl groups is 1. The van der Waals surface area contributed by atoms with Crippen LogP contribution in [0.3, 0.4) is 0 Å². The third-order valence-corrected chi connectivity index (χ3v) is 9.38. The quantitative estimate of drug-likeness (QED) is 0.126. The summed E-state index contributed by atoms with van der Waals surface area (Å²) in [4.78, 5) is 15.4. The van der Waals surface area contributed by atoms with E-state index in [1.165, 1.54) is 11.1 Å². The van der Waals surface area contributed by atoms with Gasteiger partial charge in [-0.25, -0.2) is 4.79 Å². The Morgan fingerprint density at radius 1 is 0.769 bits per heavy atom. The Morgan fingerprint density at radius 2 is 1.48 bits per heavy atom. The predicted molar refractivity (Wildman–Crippen MR) is 199 cm³/mol. The van der Waals surface area contributed by atoms with E-state index in [1.807, 2.05) is 91.0 Å². The Kier molecular flexibility index (Phi) is 11.0. The smallest absolute Gasteiger partial charge is 0.323 e. The number of methoxy groups -OCH3 is 2. The number of benzene rings is 5. The first-order valence-corrected chi connectivity index (χ1v) is 17.4. The van der Waals surface area contributed by atoms with Crippen molar-refractivity contribution in [1.29, 1.82) is 0 Å². The lowest BCUT2D eigenvalue weighted by Gasteiger charge is -2.39. The van der Waals surface area contributed by atoms with Crippen LogP contribution in [-0.4, -0.2) is 49.5 Å². The normalized spacial score (nSPS) is 18.6. The maximum Gasteiger partial charge on any atom is 0.323 e. The zero-order valence-electron chi connectivity index (χ0n) is 29.3. The van der Waals surface area contributed by atoms with Crippen LogP contribution in [0.1, 0.15) is 46.6 Å². The van der Waals surface area contributed by atoms with Gasteiger partial charge in [-0.15, -0.1) is 0 Å². The molecule has 10 heteroatoms. The second-order valence-corrected chi connectivity index (χ2v) is 13.0. The molecule has 0 saturated carbocycles. The number of nitrogens with one attached hydrogen (secondary N) is 2. The van der Waals surface area contributed by atoms with Crippen LogP contribution in [0, 0.1) is 0 Å². The number of fused-ring (bicyclic) bond motifs is 1. The van der Waals surface area contributed by atoms with Crippen LogP contribution in [-0.2, 0) is 29.0 Å². The molecule has 1 saturated heterocycles. The summed E-state index contributed by atoms with van der Waals surface area (Å²) in [7, 11) is 3.32. The van der Waals surface area contributed by atoms with E-state index >= 15 is 0 Å². The minimum absolute atomic E-state index is 0.0192. The molecular weight excluding hydrogens is 658 g/mol. The minimum Gasteiger partial charge on any atom is -0.493 e. The largest absolute Gasteiger partial charge is 0.493 e. The van der Waals surface area contributed by atoms with Gasteiger partial charge in [0.05, 0.1) is 33.0 Å². The van der Waals surface area contributed by atoms with Gasteiger partial charge in [0.15, 0.2) is 17.8 Å². The van der Waals surface area contributed by atoms with Crippen molar-refractivity contribution in [3.8, 4) is 23.0 Å². The van der Waals surface area contributed by atoms with Crippen LogP contribution in [0.5, 0.6) is 23.0 Å². The number of hydrogen-bond acceptors (Lipinski definition) is 8. The van der Waals surface area contributed by atoms with Crippen molar-refractivity contribution in [2.45, 2.75) is 44.5 Å². The van der Waals surface area contributed by atoms with E-state index < -0.39 is 6.29 Å². The summed E-state index contributed by atoms with van der Waals surface area (Å²) in [6.45, 7) is 2.36. The number of para-hydroxylation sites is 1. The summed E-state index contributed by atoms with van der Waals surface area (Å²) in [5.74, 6) is 2.89. The van der Waals surface area contributed by atoms with Crippen LogP contribution < -0.4 is 24.8 Å². The second kappa shape index (κ2) is 16.3. The van der Waals surface area contributed by atoms with Gasteiger partial charge in [-0.3, -0.25) is 4.90 Å². The van der Waals surface area contributed by atoms with Gasteiger partial charge in [0.2, 0.25) is 0 Å². The fraction of sp³-hybridized carbons (Fsp3) is 0.262. The average molecular weight is 702 g/mol. The molecule has 0 unspecified atom stereocenters. The molecule has 2 amide bonds. The molecule has 0 radical (unpaired) electrons. The summed E-state index contributed by atoms with van der Waals surface area (Å²) in [6.07, 6.45) is 0.545. The lowest BCUT2D eigenvalue weighted by atomic mass is 9.97. The molecule has 0 bridgehead atoms. The van der Waals surface area contributed by atoms with Crippen LogP contribution >= 0.6 is 0 Å². The molecule has 5 aromatic rings. The van der Waals surface area contributed by atoms with Crippen LogP contribution in [0.15, 0.2) is 115 Å². The number of carbonyl (C=O) groups is 1. The van der Waals surface area contributed by atoms with E-state index in [0.717, 1.165) is 53.4 Å². The molecule has 2 aliphatic heterocycles. The molecule has 52 heavy (non-hydrogen) atoms. The maximum atomic E-state index is 13.0. The SMILES string of the molecule is COc1cc2c(cc1OC)CN(C[C@@H]1C[C@H](c3ccc(CO)cc3)O[C@H](c3cccc(NC(=O)Nc4ccc(Oc5ccccc5)cc4)c3)O1)CC2. The Hall–Kier alpha value is -5.39. The highest BCUT2D eigenvalue weighted by Gasteiger charge is 2.34. The van der Waals surface area contributed by atoms with E-state index in [2.05, 4.69) is 27.7 Å². The van der Waals surface area contributed by atoms with Crippen molar-refractivity contribution in [2.75, 3.05) is 37.9 Å². The highest BCUT2D eigenvalue weighted by molar-refractivity contribution is 5.99. The number of urea groups is 1. The first-order valence-electron chi connectivity index (χ1n) is 17.4. The van der Waals surface area contributed by atoms with Gasteiger partial charge >= 0.3 is 6.03 Å². The average Bonchev–Trinajstić information content (AvgIpc) is 3.18. The predicted octanol–water partition coefficient (Wildman–Crippen LogP) is 8.24. The Balaban J connectivity index is 1.03. The van der Waals surface area contributed by atoms with Gasteiger partial charge in [-0.1, -0.05) is 54.6 Å². The molecule has 5 aromatic carbocycles. The van der Waals surface area contributed by atoms with Crippen molar-refractivity contribution in [3.63, 3.8) is 0 Å². The third kappa shape index (κ3) is 8.55. The van der Waals surface area contributed by atoms with Crippen molar-refractivity contribution in [3.05, 3.63) is 143 Å². The Bertz CT molecular complexity index is 1950. The third-order valence-electron chi connectivity index (χ3n) is 9.38. The standard InChI is InChI=1S/C42H43N3O7/c1-48-39-22-30-19-20-45(25-32(30)23-40(39)49-2)26-37-24-38(29-13-11-28(27-46)12-14-29)52-41(51-37)31-7-6-8-34(21-31)44-42(47)43-33-15-17-36(18-16-33)50-35-9-4-3-5-10-35/h3-18,21-23,37-38,41,46H,19-20,24-27H2,1-2H3,(H2,43,44,47)/t37-,38+,41+/m0/s1. The summed E-state index contributed by atoms with van der Waals surface area (Å²) in [5.41, 5.74) is 6.38. The molecule has 3 N–H and O–H groups in total. The lowest BCUT2D eigenvalue weighted by molar-refractivity contribution is -0.253. The van der Waals surface area contributed by atoms with E-state index in [1.54, 1.807) is 26.4 Å². The highest BCUT2D eigenvalue weighted by Crippen LogP contribution is 2.40. The molecular formula is C42H43N3O7. The zero-order valence-corrected chi connectivity index (χ0v) is 29.3. The van der Waals surface area contributed by atoms with Crippen LogP contribution in [0.2, 0.25) is 0 Å². The second-order valence-electron chi connectivity index (χ2n) is 13.0. The van der Waals surface area contributed by atoms with Gasteiger partial charge in [0, 0.05) is 43.0 Å².